The molecule has 2 N–H and O–H groups in total. The van der Waals surface area contributed by atoms with Gasteiger partial charge in [-0.2, -0.15) is 5.10 Å². The molecule has 1 amide bonds. The van der Waals surface area contributed by atoms with Crippen molar-refractivity contribution < 1.29 is 4.79 Å². The molecule has 22 heavy (non-hydrogen) atoms. The van der Waals surface area contributed by atoms with E-state index in [1.165, 1.54) is 12.8 Å². The van der Waals surface area contributed by atoms with Gasteiger partial charge in [-0.3, -0.25) is 14.8 Å². The molecular weight excluding hydrogens is 276 g/mol. The number of piperidine rings is 3. The average Bonchev–Trinajstić information content (AvgIpc) is 2.95. The fourth-order valence-corrected chi connectivity index (χ4v) is 4.22. The summed E-state index contributed by atoms with van der Waals surface area (Å²) < 4.78 is 0. The minimum Gasteiger partial charge on any atom is -0.346 e. The molecule has 5 heteroatoms. The van der Waals surface area contributed by atoms with Gasteiger partial charge in [0, 0.05) is 17.0 Å². The van der Waals surface area contributed by atoms with Crippen LogP contribution in [-0.2, 0) is 0 Å². The number of aromatic nitrogens is 2. The molecule has 0 saturated carbocycles. The molecule has 3 saturated heterocycles. The Morgan fingerprint density at radius 3 is 2.77 bits per heavy atom. The Balaban J connectivity index is 1.62. The first-order valence-corrected chi connectivity index (χ1v) is 8.06. The molecule has 5 nitrogen and oxygen atoms in total. The number of carbonyl (C=O) groups is 1. The molecule has 1 aromatic heterocycles. The van der Waals surface area contributed by atoms with Crippen molar-refractivity contribution >= 4 is 16.8 Å². The van der Waals surface area contributed by atoms with E-state index in [0.29, 0.717) is 11.6 Å². The van der Waals surface area contributed by atoms with Gasteiger partial charge in [0.15, 0.2) is 5.69 Å². The Labute approximate surface area is 130 Å². The second-order valence-electron chi connectivity index (χ2n) is 7.05. The van der Waals surface area contributed by atoms with Crippen LogP contribution in [0.15, 0.2) is 24.3 Å². The number of benzene rings is 1. The van der Waals surface area contributed by atoms with Gasteiger partial charge < -0.3 is 5.32 Å². The summed E-state index contributed by atoms with van der Waals surface area (Å²) in [5, 5.41) is 11.3. The molecule has 0 radical (unpaired) electrons. The van der Waals surface area contributed by atoms with E-state index in [1.807, 2.05) is 24.3 Å². The fraction of sp³-hybridized carbons (Fsp3) is 0.529. The maximum Gasteiger partial charge on any atom is 0.272 e. The van der Waals surface area contributed by atoms with Crippen molar-refractivity contribution in [3.05, 3.63) is 30.0 Å². The highest BCUT2D eigenvalue weighted by molar-refractivity contribution is 6.04. The normalized spacial score (nSPS) is 29.6. The molecule has 2 aromatic rings. The van der Waals surface area contributed by atoms with E-state index in [2.05, 4.69) is 34.3 Å². The summed E-state index contributed by atoms with van der Waals surface area (Å²) in [7, 11) is 0. The number of H-pyrrole nitrogens is 1. The summed E-state index contributed by atoms with van der Waals surface area (Å²) in [6.45, 7) is 6.78. The number of nitrogens with one attached hydrogen (secondary N) is 2. The lowest BCUT2D eigenvalue weighted by Gasteiger charge is -2.56. The van der Waals surface area contributed by atoms with Crippen LogP contribution in [0.2, 0.25) is 0 Å². The van der Waals surface area contributed by atoms with Crippen LogP contribution >= 0.6 is 0 Å². The minimum atomic E-state index is -0.0655. The summed E-state index contributed by atoms with van der Waals surface area (Å²) in [6.07, 6.45) is 2.35. The van der Waals surface area contributed by atoms with Crippen LogP contribution in [0, 0.1) is 5.92 Å². The molecule has 3 aliphatic rings. The number of hydrogen-bond donors (Lipinski definition) is 2. The van der Waals surface area contributed by atoms with Gasteiger partial charge in [-0.1, -0.05) is 18.2 Å². The van der Waals surface area contributed by atoms with Gasteiger partial charge in [-0.15, -0.1) is 0 Å². The Kier molecular flexibility index (Phi) is 3.01. The number of aromatic amines is 1. The summed E-state index contributed by atoms with van der Waals surface area (Å²) in [6, 6.07) is 7.95. The zero-order chi connectivity index (χ0) is 15.3. The Bertz CT molecular complexity index is 712. The first-order valence-electron chi connectivity index (χ1n) is 8.06. The van der Waals surface area contributed by atoms with Crippen molar-refractivity contribution in [1.82, 2.24) is 20.4 Å². The highest BCUT2D eigenvalue weighted by atomic mass is 16.2. The number of fused-ring (bicyclic) bond motifs is 4. The lowest BCUT2D eigenvalue weighted by atomic mass is 9.72. The van der Waals surface area contributed by atoms with Crippen molar-refractivity contribution in [3.63, 3.8) is 0 Å². The van der Waals surface area contributed by atoms with Gasteiger partial charge in [0.1, 0.15) is 0 Å². The third kappa shape index (κ3) is 1.96. The largest absolute Gasteiger partial charge is 0.346 e. The predicted molar refractivity (Wildman–Crippen MR) is 85.7 cm³/mol. The molecule has 0 aliphatic carbocycles. The third-order valence-corrected chi connectivity index (χ3v) is 5.56. The monoisotopic (exact) mass is 298 g/mol. The van der Waals surface area contributed by atoms with Crippen molar-refractivity contribution in [1.29, 1.82) is 0 Å². The number of nitrogens with zero attached hydrogens (tertiary/aromatic N) is 2. The number of carbonyl (C=O) groups excluding carboxylic acids is 1. The molecule has 4 heterocycles. The molecular formula is C17H22N4O. The lowest BCUT2D eigenvalue weighted by Crippen LogP contribution is -2.69. The highest BCUT2D eigenvalue weighted by Gasteiger charge is 2.48. The lowest BCUT2D eigenvalue weighted by molar-refractivity contribution is -0.0378. The van der Waals surface area contributed by atoms with Gasteiger partial charge in [0.05, 0.1) is 5.52 Å². The van der Waals surface area contributed by atoms with Crippen LogP contribution in [0.25, 0.3) is 10.9 Å². The second-order valence-corrected chi connectivity index (χ2v) is 7.05. The summed E-state index contributed by atoms with van der Waals surface area (Å²) in [5.41, 5.74) is 1.42. The summed E-state index contributed by atoms with van der Waals surface area (Å²) >= 11 is 0. The Hall–Kier alpha value is -1.88. The van der Waals surface area contributed by atoms with Crippen molar-refractivity contribution in [2.75, 3.05) is 13.1 Å². The van der Waals surface area contributed by atoms with Crippen molar-refractivity contribution in [2.45, 2.75) is 38.3 Å². The quantitative estimate of drug-likeness (QED) is 0.893. The number of amides is 1. The number of rotatable bonds is 2. The van der Waals surface area contributed by atoms with E-state index in [9.17, 15) is 4.79 Å². The van der Waals surface area contributed by atoms with E-state index in [0.717, 1.165) is 24.0 Å². The van der Waals surface area contributed by atoms with Crippen LogP contribution in [0.1, 0.15) is 37.2 Å². The van der Waals surface area contributed by atoms with Crippen LogP contribution < -0.4 is 5.32 Å². The maximum atomic E-state index is 12.7. The van der Waals surface area contributed by atoms with Gasteiger partial charge in [0.25, 0.3) is 5.91 Å². The van der Waals surface area contributed by atoms with Crippen molar-refractivity contribution in [3.8, 4) is 0 Å². The Morgan fingerprint density at radius 1 is 1.32 bits per heavy atom. The van der Waals surface area contributed by atoms with Gasteiger partial charge in [-0.05, 0) is 51.8 Å². The molecule has 1 aromatic carbocycles. The zero-order valence-electron chi connectivity index (χ0n) is 13.1. The third-order valence-electron chi connectivity index (χ3n) is 5.56. The predicted octanol–water partition coefficient (Wildman–Crippen LogP) is 2.17. The van der Waals surface area contributed by atoms with Crippen LogP contribution in [0.3, 0.4) is 0 Å². The van der Waals surface area contributed by atoms with Gasteiger partial charge in [0.2, 0.25) is 0 Å². The number of para-hydroxylation sites is 1. The molecule has 3 aliphatic heterocycles. The molecule has 5 rings (SSSR count). The highest BCUT2D eigenvalue weighted by Crippen LogP contribution is 2.39. The second kappa shape index (κ2) is 4.81. The standard InChI is InChI=1S/C17H22N4O/c1-17(2)15(11-7-9-21(17)10-8-11)18-16(22)14-12-5-3-4-6-13(12)19-20-14/h3-6,11,15H,7-10H2,1-2H3,(H,18,22)(H,19,20). The van der Waals surface area contributed by atoms with Crippen molar-refractivity contribution in [2.24, 2.45) is 5.92 Å². The fourth-order valence-electron chi connectivity index (χ4n) is 4.22. The van der Waals surface area contributed by atoms with E-state index >= 15 is 0 Å². The van der Waals surface area contributed by atoms with Gasteiger partial charge >= 0.3 is 0 Å². The molecule has 2 bridgehead atoms. The van der Waals surface area contributed by atoms with Crippen LogP contribution in [0.5, 0.6) is 0 Å². The topological polar surface area (TPSA) is 61.0 Å². The van der Waals surface area contributed by atoms with Crippen LogP contribution in [-0.4, -0.2) is 45.7 Å². The zero-order valence-corrected chi connectivity index (χ0v) is 13.1. The molecule has 1 atom stereocenters. The minimum absolute atomic E-state index is 0.0168. The SMILES string of the molecule is CC1(C)C(NC(=O)c2n[nH]c3ccccc23)C2CCN1CC2. The van der Waals surface area contributed by atoms with E-state index in [1.54, 1.807) is 0 Å². The van der Waals surface area contributed by atoms with E-state index in [4.69, 9.17) is 0 Å². The van der Waals surface area contributed by atoms with Crippen LogP contribution in [0.4, 0.5) is 0 Å². The summed E-state index contributed by atoms with van der Waals surface area (Å²) in [5.74, 6) is 0.512. The first kappa shape index (κ1) is 13.8. The van der Waals surface area contributed by atoms with E-state index < -0.39 is 0 Å². The average molecular weight is 298 g/mol. The number of hydrogen-bond acceptors (Lipinski definition) is 3. The van der Waals surface area contributed by atoms with E-state index in [-0.39, 0.29) is 17.5 Å². The molecule has 1 unspecified atom stereocenters. The molecule has 3 fully saturated rings. The molecule has 0 spiro atoms. The Morgan fingerprint density at radius 2 is 2.05 bits per heavy atom. The molecule has 116 valence electrons. The first-order chi connectivity index (χ1) is 10.6. The van der Waals surface area contributed by atoms with Gasteiger partial charge in [-0.25, -0.2) is 0 Å². The smallest absolute Gasteiger partial charge is 0.272 e. The summed E-state index contributed by atoms with van der Waals surface area (Å²) in [4.78, 5) is 15.2. The maximum absolute atomic E-state index is 12.7.